The van der Waals surface area contributed by atoms with Crippen LogP contribution in [0.4, 0.5) is 5.69 Å². The van der Waals surface area contributed by atoms with Crippen LogP contribution in [0, 0.1) is 6.92 Å². The van der Waals surface area contributed by atoms with Crippen molar-refractivity contribution < 1.29 is 18.0 Å². The van der Waals surface area contributed by atoms with Gasteiger partial charge in [-0.1, -0.05) is 93.1 Å². The lowest BCUT2D eigenvalue weighted by atomic mass is 9.87. The van der Waals surface area contributed by atoms with Crippen molar-refractivity contribution in [1.82, 2.24) is 10.2 Å². The highest BCUT2D eigenvalue weighted by Crippen LogP contribution is 2.26. The molecule has 0 aliphatic carbocycles. The molecular formula is C31H39N3O4S. The third-order valence-corrected chi connectivity index (χ3v) is 7.83. The van der Waals surface area contributed by atoms with Gasteiger partial charge in [0.05, 0.1) is 11.9 Å². The second-order valence-corrected chi connectivity index (χ2v) is 12.8. The molecule has 0 radical (unpaired) electrons. The van der Waals surface area contributed by atoms with E-state index in [0.29, 0.717) is 5.69 Å². The number of nitrogens with zero attached hydrogens (tertiary/aromatic N) is 2. The minimum absolute atomic E-state index is 0.104. The van der Waals surface area contributed by atoms with Gasteiger partial charge in [-0.05, 0) is 41.2 Å². The number of nitrogens with one attached hydrogen (secondary N) is 1. The van der Waals surface area contributed by atoms with Crippen molar-refractivity contribution in [1.29, 1.82) is 0 Å². The molecule has 7 nitrogen and oxygen atoms in total. The Kier molecular flexibility index (Phi) is 9.56. The number of amides is 2. The van der Waals surface area contributed by atoms with Crippen LogP contribution in [0.1, 0.15) is 43.0 Å². The number of rotatable bonds is 10. The average molecular weight is 550 g/mol. The number of benzene rings is 3. The zero-order valence-electron chi connectivity index (χ0n) is 23.6. The summed E-state index contributed by atoms with van der Waals surface area (Å²) in [6.45, 7) is 7.94. The molecule has 0 saturated carbocycles. The van der Waals surface area contributed by atoms with Crippen LogP contribution < -0.4 is 9.62 Å². The molecule has 0 bridgehead atoms. The summed E-state index contributed by atoms with van der Waals surface area (Å²) in [6, 6.07) is 23.6. The predicted molar refractivity (Wildman–Crippen MR) is 157 cm³/mol. The Morgan fingerprint density at radius 3 is 1.97 bits per heavy atom. The Balaban J connectivity index is 2.01. The summed E-state index contributed by atoms with van der Waals surface area (Å²) in [5.41, 5.74) is 4.16. The van der Waals surface area contributed by atoms with Gasteiger partial charge >= 0.3 is 0 Å². The molecule has 208 valence electrons. The van der Waals surface area contributed by atoms with Gasteiger partial charge in [0.1, 0.15) is 12.6 Å². The largest absolute Gasteiger partial charge is 0.357 e. The Morgan fingerprint density at radius 1 is 0.872 bits per heavy atom. The van der Waals surface area contributed by atoms with Crippen molar-refractivity contribution in [2.45, 2.75) is 52.1 Å². The van der Waals surface area contributed by atoms with E-state index >= 15 is 0 Å². The Hall–Kier alpha value is -3.65. The van der Waals surface area contributed by atoms with E-state index in [0.717, 1.165) is 32.8 Å². The molecule has 0 aromatic heterocycles. The summed E-state index contributed by atoms with van der Waals surface area (Å²) in [4.78, 5) is 28.6. The maximum absolute atomic E-state index is 14.0. The SMILES string of the molecule is CNC(=O)C(Cc1ccccc1)N(Cc1ccc(C)cc1)C(=O)CN(c1ccc(C(C)(C)C)cc1)S(C)(=O)=O. The Labute approximate surface area is 232 Å². The van der Waals surface area contributed by atoms with Gasteiger partial charge in [0.2, 0.25) is 21.8 Å². The Morgan fingerprint density at radius 2 is 1.46 bits per heavy atom. The molecule has 2 amide bonds. The first-order chi connectivity index (χ1) is 18.3. The minimum Gasteiger partial charge on any atom is -0.357 e. The van der Waals surface area contributed by atoms with Gasteiger partial charge in [-0.15, -0.1) is 0 Å². The predicted octanol–water partition coefficient (Wildman–Crippen LogP) is 4.44. The molecule has 0 spiro atoms. The van der Waals surface area contributed by atoms with Gasteiger partial charge in [-0.25, -0.2) is 8.42 Å². The monoisotopic (exact) mass is 549 g/mol. The van der Waals surface area contributed by atoms with Crippen molar-refractivity contribution in [2.75, 3.05) is 24.2 Å². The topological polar surface area (TPSA) is 86.8 Å². The lowest BCUT2D eigenvalue weighted by molar-refractivity contribution is -0.139. The van der Waals surface area contributed by atoms with Crippen molar-refractivity contribution in [2.24, 2.45) is 0 Å². The number of likely N-dealkylation sites (N-methyl/N-ethyl adjacent to an activating group) is 1. The van der Waals surface area contributed by atoms with E-state index in [2.05, 4.69) is 26.1 Å². The van der Waals surface area contributed by atoms with Crippen LogP contribution in [-0.4, -0.2) is 51.0 Å². The summed E-state index contributed by atoms with van der Waals surface area (Å²) in [7, 11) is -2.26. The number of aryl methyl sites for hydroxylation is 1. The zero-order chi connectivity index (χ0) is 28.8. The lowest BCUT2D eigenvalue weighted by Crippen LogP contribution is -2.52. The van der Waals surface area contributed by atoms with Crippen LogP contribution in [0.15, 0.2) is 78.9 Å². The zero-order valence-corrected chi connectivity index (χ0v) is 24.5. The second kappa shape index (κ2) is 12.5. The van der Waals surface area contributed by atoms with Crippen molar-refractivity contribution in [3.05, 3.63) is 101 Å². The van der Waals surface area contributed by atoms with E-state index in [1.54, 1.807) is 12.1 Å². The molecule has 3 rings (SSSR count). The highest BCUT2D eigenvalue weighted by Gasteiger charge is 2.32. The third-order valence-electron chi connectivity index (χ3n) is 6.69. The first-order valence-corrected chi connectivity index (χ1v) is 14.8. The van der Waals surface area contributed by atoms with Gasteiger partial charge in [-0.2, -0.15) is 0 Å². The molecule has 1 unspecified atom stereocenters. The fourth-order valence-electron chi connectivity index (χ4n) is 4.35. The first kappa shape index (κ1) is 29.9. The van der Waals surface area contributed by atoms with Crippen LogP contribution in [0.3, 0.4) is 0 Å². The molecule has 1 N–H and O–H groups in total. The van der Waals surface area contributed by atoms with Gasteiger partial charge in [0.25, 0.3) is 0 Å². The highest BCUT2D eigenvalue weighted by atomic mass is 32.2. The molecule has 1 atom stereocenters. The van der Waals surface area contributed by atoms with Gasteiger partial charge in [0, 0.05) is 20.0 Å². The van der Waals surface area contributed by atoms with E-state index in [4.69, 9.17) is 0 Å². The number of hydrogen-bond acceptors (Lipinski definition) is 4. The standard InChI is InChI=1S/C31H39N3O4S/c1-23-12-14-25(15-13-23)21-33(28(30(36)32-5)20-24-10-8-7-9-11-24)29(35)22-34(39(6,37)38)27-18-16-26(17-19-27)31(2,3)4/h7-19,28H,20-22H2,1-6H3,(H,32,36). The van der Waals surface area contributed by atoms with E-state index in [1.165, 1.54) is 11.9 Å². The summed E-state index contributed by atoms with van der Waals surface area (Å²) >= 11 is 0. The highest BCUT2D eigenvalue weighted by molar-refractivity contribution is 7.92. The fourth-order valence-corrected chi connectivity index (χ4v) is 5.20. The normalized spacial score (nSPS) is 12.5. The third kappa shape index (κ3) is 8.17. The minimum atomic E-state index is -3.80. The van der Waals surface area contributed by atoms with Gasteiger partial charge in [0.15, 0.2) is 0 Å². The molecular weight excluding hydrogens is 510 g/mol. The molecule has 8 heteroatoms. The van der Waals surface area contributed by atoms with Crippen LogP contribution in [-0.2, 0) is 38.0 Å². The van der Waals surface area contributed by atoms with Crippen LogP contribution in [0.2, 0.25) is 0 Å². The van der Waals surface area contributed by atoms with Crippen molar-refractivity contribution >= 4 is 27.5 Å². The van der Waals surface area contributed by atoms with Crippen LogP contribution in [0.5, 0.6) is 0 Å². The maximum Gasteiger partial charge on any atom is 0.244 e. The van der Waals surface area contributed by atoms with E-state index in [-0.39, 0.29) is 24.3 Å². The van der Waals surface area contributed by atoms with Gasteiger partial charge in [-0.3, -0.25) is 13.9 Å². The van der Waals surface area contributed by atoms with Crippen molar-refractivity contribution in [3.8, 4) is 0 Å². The first-order valence-electron chi connectivity index (χ1n) is 13.0. The molecule has 3 aromatic rings. The molecule has 0 saturated heterocycles. The fraction of sp³-hybridized carbons (Fsp3) is 0.355. The Bertz CT molecular complexity index is 1360. The van der Waals surface area contributed by atoms with Crippen LogP contribution >= 0.6 is 0 Å². The number of hydrogen-bond donors (Lipinski definition) is 1. The quantitative estimate of drug-likeness (QED) is 0.405. The number of sulfonamides is 1. The lowest BCUT2D eigenvalue weighted by Gasteiger charge is -2.33. The van der Waals surface area contributed by atoms with Gasteiger partial charge < -0.3 is 10.2 Å². The van der Waals surface area contributed by atoms with E-state index in [1.807, 2.05) is 73.7 Å². The average Bonchev–Trinajstić information content (AvgIpc) is 2.89. The molecule has 3 aromatic carbocycles. The van der Waals surface area contributed by atoms with Crippen LogP contribution in [0.25, 0.3) is 0 Å². The van der Waals surface area contributed by atoms with E-state index < -0.39 is 28.5 Å². The maximum atomic E-state index is 14.0. The van der Waals surface area contributed by atoms with E-state index in [9.17, 15) is 18.0 Å². The number of carbonyl (C=O) groups excluding carboxylic acids is 2. The molecule has 0 aliphatic heterocycles. The molecule has 39 heavy (non-hydrogen) atoms. The number of anilines is 1. The molecule has 0 heterocycles. The summed E-state index contributed by atoms with van der Waals surface area (Å²) in [5.74, 6) is -0.787. The number of carbonyl (C=O) groups is 2. The summed E-state index contributed by atoms with van der Waals surface area (Å²) in [6.07, 6.45) is 1.37. The molecule has 0 fully saturated rings. The second-order valence-electron chi connectivity index (χ2n) is 10.9. The molecule has 0 aliphatic rings. The summed E-state index contributed by atoms with van der Waals surface area (Å²) < 4.78 is 26.9. The smallest absolute Gasteiger partial charge is 0.244 e. The van der Waals surface area contributed by atoms with Crippen molar-refractivity contribution in [3.63, 3.8) is 0 Å². The summed E-state index contributed by atoms with van der Waals surface area (Å²) in [5, 5.41) is 2.69.